The van der Waals surface area contributed by atoms with E-state index in [1.807, 2.05) is 0 Å². The quantitative estimate of drug-likeness (QED) is 0.574. The zero-order valence-electron chi connectivity index (χ0n) is 10.1. The maximum absolute atomic E-state index is 11.5. The van der Waals surface area contributed by atoms with E-state index < -0.39 is 18.5 Å². The van der Waals surface area contributed by atoms with Crippen LogP contribution in [0.3, 0.4) is 0 Å². The average molecular weight is 286 g/mol. The first-order valence-corrected chi connectivity index (χ1v) is 5.66. The van der Waals surface area contributed by atoms with E-state index in [4.69, 9.17) is 16.3 Å². The summed E-state index contributed by atoms with van der Waals surface area (Å²) in [5.41, 5.74) is 0.184. The predicted octanol–water partition coefficient (Wildman–Crippen LogP) is -0.246. The second-order valence-corrected chi connectivity index (χ2v) is 3.78. The van der Waals surface area contributed by atoms with Gasteiger partial charge < -0.3 is 15.4 Å². The van der Waals surface area contributed by atoms with Gasteiger partial charge in [-0.2, -0.15) is 0 Å². The van der Waals surface area contributed by atoms with Crippen molar-refractivity contribution in [3.63, 3.8) is 0 Å². The van der Waals surface area contributed by atoms with Crippen LogP contribution in [0.25, 0.3) is 0 Å². The second kappa shape index (κ2) is 7.32. The smallest absolute Gasteiger partial charge is 0.340 e. The summed E-state index contributed by atoms with van der Waals surface area (Å²) in [6.45, 7) is -0.645. The minimum Gasteiger partial charge on any atom is -0.452 e. The number of carbonyl (C=O) groups is 3. The molecule has 1 aromatic rings. The van der Waals surface area contributed by atoms with Gasteiger partial charge in [0.05, 0.1) is 12.1 Å². The lowest BCUT2D eigenvalue weighted by atomic mass is 10.3. The molecule has 0 radical (unpaired) electrons. The maximum atomic E-state index is 11.5. The molecule has 8 heteroatoms. The van der Waals surface area contributed by atoms with Crippen molar-refractivity contribution in [2.75, 3.05) is 20.2 Å². The maximum Gasteiger partial charge on any atom is 0.340 e. The van der Waals surface area contributed by atoms with E-state index in [0.717, 1.165) is 0 Å². The summed E-state index contributed by atoms with van der Waals surface area (Å²) in [6.07, 6.45) is 1.24. The molecule has 0 aromatic carbocycles. The molecule has 7 nitrogen and oxygen atoms in total. The number of pyridine rings is 1. The molecule has 1 rings (SSSR count). The Hall–Kier alpha value is -2.15. The number of ether oxygens (including phenoxy) is 1. The van der Waals surface area contributed by atoms with Gasteiger partial charge >= 0.3 is 5.97 Å². The minimum atomic E-state index is -0.695. The number of rotatable bonds is 5. The van der Waals surface area contributed by atoms with Crippen molar-refractivity contribution < 1.29 is 19.1 Å². The summed E-state index contributed by atoms with van der Waals surface area (Å²) in [5.74, 6) is -1.61. The molecule has 2 amide bonds. The lowest BCUT2D eigenvalue weighted by molar-refractivity contribution is -0.127. The first kappa shape index (κ1) is 14.9. The van der Waals surface area contributed by atoms with E-state index in [9.17, 15) is 14.4 Å². The lowest BCUT2D eigenvalue weighted by Gasteiger charge is -2.05. The van der Waals surface area contributed by atoms with Gasteiger partial charge in [0, 0.05) is 13.2 Å². The topological polar surface area (TPSA) is 97.4 Å². The Morgan fingerprint density at radius 2 is 2.05 bits per heavy atom. The zero-order valence-corrected chi connectivity index (χ0v) is 10.9. The standard InChI is InChI=1S/C11H12ClN3O4/c1-13-9(16)5-15-10(17)6-19-11(18)7-2-3-8(12)14-4-7/h2-4H,5-6H2,1H3,(H,13,16)(H,15,17). The first-order chi connectivity index (χ1) is 9.02. The normalized spacial score (nSPS) is 9.58. The van der Waals surface area contributed by atoms with E-state index in [-0.39, 0.29) is 23.2 Å². The number of carbonyl (C=O) groups excluding carboxylic acids is 3. The van der Waals surface area contributed by atoms with E-state index in [0.29, 0.717) is 0 Å². The molecule has 2 N–H and O–H groups in total. The van der Waals surface area contributed by atoms with E-state index in [1.54, 1.807) is 0 Å². The van der Waals surface area contributed by atoms with Crippen molar-refractivity contribution in [1.29, 1.82) is 0 Å². The van der Waals surface area contributed by atoms with Crippen LogP contribution in [0, 0.1) is 0 Å². The highest BCUT2D eigenvalue weighted by Gasteiger charge is 2.11. The first-order valence-electron chi connectivity index (χ1n) is 5.29. The molecular weight excluding hydrogens is 274 g/mol. The van der Waals surface area contributed by atoms with Crippen molar-refractivity contribution in [1.82, 2.24) is 15.6 Å². The largest absolute Gasteiger partial charge is 0.452 e. The van der Waals surface area contributed by atoms with Crippen LogP contribution in [0.2, 0.25) is 5.15 Å². The minimum absolute atomic E-state index is 0.171. The van der Waals surface area contributed by atoms with Crippen LogP contribution < -0.4 is 10.6 Å². The third-order valence-electron chi connectivity index (χ3n) is 2.02. The van der Waals surface area contributed by atoms with Crippen LogP contribution in [0.4, 0.5) is 0 Å². The van der Waals surface area contributed by atoms with E-state index in [1.165, 1.54) is 25.4 Å². The third-order valence-corrected chi connectivity index (χ3v) is 2.25. The van der Waals surface area contributed by atoms with Gasteiger partial charge in [-0.1, -0.05) is 11.6 Å². The highest BCUT2D eigenvalue weighted by atomic mass is 35.5. The zero-order chi connectivity index (χ0) is 14.3. The summed E-state index contributed by atoms with van der Waals surface area (Å²) in [7, 11) is 1.45. The highest BCUT2D eigenvalue weighted by molar-refractivity contribution is 6.29. The summed E-state index contributed by atoms with van der Waals surface area (Å²) < 4.78 is 4.73. The predicted molar refractivity (Wildman–Crippen MR) is 66.6 cm³/mol. The Labute approximate surface area is 114 Å². The molecule has 0 saturated heterocycles. The van der Waals surface area contributed by atoms with Gasteiger partial charge in [0.2, 0.25) is 5.91 Å². The van der Waals surface area contributed by atoms with Gasteiger partial charge in [-0.05, 0) is 12.1 Å². The van der Waals surface area contributed by atoms with Crippen LogP contribution >= 0.6 is 11.6 Å². The van der Waals surface area contributed by atoms with Crippen molar-refractivity contribution >= 4 is 29.4 Å². The summed E-state index contributed by atoms with van der Waals surface area (Å²) in [4.78, 5) is 37.3. The van der Waals surface area contributed by atoms with E-state index in [2.05, 4.69) is 15.6 Å². The number of likely N-dealkylation sites (N-methyl/N-ethyl adjacent to an activating group) is 1. The Morgan fingerprint density at radius 1 is 1.32 bits per heavy atom. The number of aromatic nitrogens is 1. The fraction of sp³-hybridized carbons (Fsp3) is 0.273. The van der Waals surface area contributed by atoms with Gasteiger partial charge in [0.25, 0.3) is 5.91 Å². The van der Waals surface area contributed by atoms with E-state index >= 15 is 0 Å². The molecule has 0 aliphatic carbocycles. The molecule has 0 spiro atoms. The molecule has 102 valence electrons. The van der Waals surface area contributed by atoms with Crippen molar-refractivity contribution in [2.24, 2.45) is 0 Å². The Bertz CT molecular complexity index is 475. The van der Waals surface area contributed by atoms with Crippen LogP contribution in [-0.2, 0) is 14.3 Å². The molecular formula is C11H12ClN3O4. The lowest BCUT2D eigenvalue weighted by Crippen LogP contribution is -2.37. The third kappa shape index (κ3) is 5.35. The fourth-order valence-corrected chi connectivity index (χ4v) is 1.14. The molecule has 0 aliphatic rings. The fourth-order valence-electron chi connectivity index (χ4n) is 1.03. The Balaban J connectivity index is 2.36. The molecule has 1 heterocycles. The van der Waals surface area contributed by atoms with Crippen LogP contribution in [0.5, 0.6) is 0 Å². The molecule has 0 saturated carbocycles. The average Bonchev–Trinajstić information content (AvgIpc) is 2.42. The Morgan fingerprint density at radius 3 is 2.63 bits per heavy atom. The highest BCUT2D eigenvalue weighted by Crippen LogP contribution is 2.06. The number of nitrogens with one attached hydrogen (secondary N) is 2. The number of hydrogen-bond acceptors (Lipinski definition) is 5. The molecule has 0 fully saturated rings. The number of esters is 1. The van der Waals surface area contributed by atoms with Crippen molar-refractivity contribution in [3.8, 4) is 0 Å². The van der Waals surface area contributed by atoms with Crippen LogP contribution in [0.15, 0.2) is 18.3 Å². The number of amides is 2. The molecule has 19 heavy (non-hydrogen) atoms. The van der Waals surface area contributed by atoms with Crippen LogP contribution in [0.1, 0.15) is 10.4 Å². The molecule has 0 atom stereocenters. The number of halogens is 1. The second-order valence-electron chi connectivity index (χ2n) is 3.40. The molecule has 0 unspecified atom stereocenters. The summed E-state index contributed by atoms with van der Waals surface area (Å²) in [6, 6.07) is 2.86. The number of nitrogens with zero attached hydrogens (tertiary/aromatic N) is 1. The van der Waals surface area contributed by atoms with Crippen LogP contribution in [-0.4, -0.2) is 43.0 Å². The SMILES string of the molecule is CNC(=O)CNC(=O)COC(=O)c1ccc(Cl)nc1. The molecule has 1 aromatic heterocycles. The summed E-state index contributed by atoms with van der Waals surface area (Å²) in [5, 5.41) is 4.87. The van der Waals surface area contributed by atoms with Crippen molar-refractivity contribution in [2.45, 2.75) is 0 Å². The van der Waals surface area contributed by atoms with Gasteiger partial charge in [0.1, 0.15) is 5.15 Å². The molecule has 0 bridgehead atoms. The Kier molecular flexibility index (Phi) is 5.74. The number of hydrogen-bond donors (Lipinski definition) is 2. The van der Waals surface area contributed by atoms with Gasteiger partial charge in [-0.25, -0.2) is 9.78 Å². The van der Waals surface area contributed by atoms with Gasteiger partial charge in [-0.3, -0.25) is 9.59 Å². The summed E-state index contributed by atoms with van der Waals surface area (Å²) >= 11 is 5.56. The van der Waals surface area contributed by atoms with Crippen molar-refractivity contribution in [3.05, 3.63) is 29.0 Å². The monoisotopic (exact) mass is 285 g/mol. The van der Waals surface area contributed by atoms with Gasteiger partial charge in [-0.15, -0.1) is 0 Å². The van der Waals surface area contributed by atoms with Gasteiger partial charge in [0.15, 0.2) is 6.61 Å². The molecule has 0 aliphatic heterocycles.